The van der Waals surface area contributed by atoms with Gasteiger partial charge in [0.1, 0.15) is 0 Å². The lowest BCUT2D eigenvalue weighted by Crippen LogP contribution is -2.47. The monoisotopic (exact) mass is 353 g/mol. The maximum Gasteiger partial charge on any atom is 0.308 e. The highest BCUT2D eigenvalue weighted by Gasteiger charge is 2.26. The molecule has 0 aromatic rings. The fraction of sp³-hybridized carbons (Fsp3) is 0.889. The van der Waals surface area contributed by atoms with Gasteiger partial charge in [0.25, 0.3) is 0 Å². The molecule has 0 saturated carbocycles. The molecule has 0 unspecified atom stereocenters. The van der Waals surface area contributed by atoms with Crippen LogP contribution in [0.25, 0.3) is 0 Å². The van der Waals surface area contributed by atoms with Gasteiger partial charge < -0.3 is 24.8 Å². The molecule has 7 heteroatoms. The second-order valence-electron chi connectivity index (χ2n) is 7.11. The number of methoxy groups -OCH3 is 1. The van der Waals surface area contributed by atoms with Crippen LogP contribution in [0.15, 0.2) is 4.99 Å². The summed E-state index contributed by atoms with van der Waals surface area (Å²) in [6, 6.07) is 0. The number of ether oxygens (including phenoxy) is 1. The van der Waals surface area contributed by atoms with Crippen molar-refractivity contribution < 1.29 is 9.53 Å². The number of likely N-dealkylation sites (tertiary alicyclic amines) is 1. The summed E-state index contributed by atoms with van der Waals surface area (Å²) in [7, 11) is 5.51. The molecular formula is C18H35N5O2. The summed E-state index contributed by atoms with van der Waals surface area (Å²) in [4.78, 5) is 23.3. The minimum absolute atomic E-state index is 0.0422. The lowest BCUT2D eigenvalue weighted by Gasteiger charge is -2.33. The molecule has 0 radical (unpaired) electrons. The Balaban J connectivity index is 1.65. The SMILES string of the molecule is CN=C(NCCCN1CCCN(C)CC1)N1CCC(C(=O)OC)CC1. The smallest absolute Gasteiger partial charge is 0.308 e. The number of carbonyl (C=O) groups excluding carboxylic acids is 1. The van der Waals surface area contributed by atoms with E-state index in [4.69, 9.17) is 4.74 Å². The molecule has 0 aliphatic carbocycles. The highest BCUT2D eigenvalue weighted by Crippen LogP contribution is 2.18. The Hall–Kier alpha value is -1.34. The molecule has 0 spiro atoms. The zero-order valence-electron chi connectivity index (χ0n) is 16.2. The number of esters is 1. The van der Waals surface area contributed by atoms with E-state index in [2.05, 4.69) is 32.1 Å². The third kappa shape index (κ3) is 6.47. The standard InChI is InChI=1S/C18H35N5O2/c1-19-18(23-12-6-16(7-13-23)17(24)25-3)20-8-4-10-22-11-5-9-21(2)14-15-22/h16H,4-15H2,1-3H3,(H,19,20). The number of likely N-dealkylation sites (N-methyl/N-ethyl adjacent to an activating group) is 1. The topological polar surface area (TPSA) is 60.4 Å². The number of rotatable bonds is 5. The summed E-state index contributed by atoms with van der Waals surface area (Å²) >= 11 is 0. The number of guanidine groups is 1. The molecular weight excluding hydrogens is 318 g/mol. The zero-order chi connectivity index (χ0) is 18.1. The fourth-order valence-electron chi connectivity index (χ4n) is 3.65. The molecule has 144 valence electrons. The summed E-state index contributed by atoms with van der Waals surface area (Å²) in [6.07, 6.45) is 4.07. The van der Waals surface area contributed by atoms with Crippen molar-refractivity contribution in [2.75, 3.05) is 73.6 Å². The first-order valence-electron chi connectivity index (χ1n) is 9.58. The number of piperidine rings is 1. The summed E-state index contributed by atoms with van der Waals surface area (Å²) in [5, 5.41) is 3.48. The van der Waals surface area contributed by atoms with Gasteiger partial charge in [0, 0.05) is 39.8 Å². The van der Waals surface area contributed by atoms with Crippen LogP contribution >= 0.6 is 0 Å². The molecule has 0 aromatic carbocycles. The predicted molar refractivity (Wildman–Crippen MR) is 101 cm³/mol. The first-order chi connectivity index (χ1) is 12.1. The molecule has 2 fully saturated rings. The molecule has 0 aromatic heterocycles. The Morgan fingerprint density at radius 3 is 2.60 bits per heavy atom. The number of aliphatic imine (C=N–C) groups is 1. The van der Waals surface area contributed by atoms with Gasteiger partial charge in [0.05, 0.1) is 13.0 Å². The van der Waals surface area contributed by atoms with E-state index in [0.717, 1.165) is 51.4 Å². The summed E-state index contributed by atoms with van der Waals surface area (Å²) in [5.74, 6) is 0.921. The van der Waals surface area contributed by atoms with Crippen LogP contribution in [0.3, 0.4) is 0 Å². The molecule has 2 saturated heterocycles. The molecule has 0 bridgehead atoms. The van der Waals surface area contributed by atoms with Crippen LogP contribution in [0.2, 0.25) is 0 Å². The van der Waals surface area contributed by atoms with E-state index in [1.165, 1.54) is 39.7 Å². The number of nitrogens with one attached hydrogen (secondary N) is 1. The highest BCUT2D eigenvalue weighted by molar-refractivity contribution is 5.80. The number of hydrogen-bond donors (Lipinski definition) is 1. The maximum atomic E-state index is 11.6. The highest BCUT2D eigenvalue weighted by atomic mass is 16.5. The largest absolute Gasteiger partial charge is 0.469 e. The lowest BCUT2D eigenvalue weighted by molar-refractivity contribution is -0.146. The van der Waals surface area contributed by atoms with Crippen LogP contribution in [0, 0.1) is 5.92 Å². The summed E-state index contributed by atoms with van der Waals surface area (Å²) < 4.78 is 4.85. The minimum Gasteiger partial charge on any atom is -0.469 e. The molecule has 2 rings (SSSR count). The molecule has 7 nitrogen and oxygen atoms in total. The maximum absolute atomic E-state index is 11.6. The Kier molecular flexibility index (Phi) is 8.48. The van der Waals surface area contributed by atoms with Gasteiger partial charge in [0.2, 0.25) is 0 Å². The minimum atomic E-state index is -0.0781. The van der Waals surface area contributed by atoms with Crippen molar-refractivity contribution >= 4 is 11.9 Å². The van der Waals surface area contributed by atoms with Crippen molar-refractivity contribution in [3.63, 3.8) is 0 Å². The van der Waals surface area contributed by atoms with Crippen LogP contribution in [0.4, 0.5) is 0 Å². The third-order valence-corrected chi connectivity index (χ3v) is 5.29. The molecule has 0 atom stereocenters. The van der Waals surface area contributed by atoms with Gasteiger partial charge in [-0.3, -0.25) is 9.79 Å². The van der Waals surface area contributed by atoms with Crippen molar-refractivity contribution in [2.24, 2.45) is 10.9 Å². The second kappa shape index (κ2) is 10.6. The van der Waals surface area contributed by atoms with Crippen LogP contribution in [0.1, 0.15) is 25.7 Å². The molecule has 1 N–H and O–H groups in total. The first kappa shape index (κ1) is 20.0. The lowest BCUT2D eigenvalue weighted by atomic mass is 9.97. The van der Waals surface area contributed by atoms with Crippen LogP contribution < -0.4 is 5.32 Å². The van der Waals surface area contributed by atoms with E-state index in [1.54, 1.807) is 0 Å². The normalized spacial score (nSPS) is 21.9. The van der Waals surface area contributed by atoms with Gasteiger partial charge in [-0.1, -0.05) is 0 Å². The Morgan fingerprint density at radius 2 is 1.92 bits per heavy atom. The molecule has 0 amide bonds. The van der Waals surface area contributed by atoms with E-state index in [-0.39, 0.29) is 11.9 Å². The van der Waals surface area contributed by atoms with E-state index in [9.17, 15) is 4.79 Å². The van der Waals surface area contributed by atoms with E-state index < -0.39 is 0 Å². The van der Waals surface area contributed by atoms with Crippen LogP contribution in [-0.4, -0.2) is 100 Å². The molecule has 2 aliphatic rings. The van der Waals surface area contributed by atoms with Crippen molar-refractivity contribution in [1.82, 2.24) is 20.0 Å². The zero-order valence-corrected chi connectivity index (χ0v) is 16.2. The van der Waals surface area contributed by atoms with Crippen molar-refractivity contribution in [1.29, 1.82) is 0 Å². The van der Waals surface area contributed by atoms with Gasteiger partial charge in [-0.15, -0.1) is 0 Å². The third-order valence-electron chi connectivity index (χ3n) is 5.29. The Morgan fingerprint density at radius 1 is 1.16 bits per heavy atom. The van der Waals surface area contributed by atoms with Crippen molar-refractivity contribution in [2.45, 2.75) is 25.7 Å². The van der Waals surface area contributed by atoms with Gasteiger partial charge in [-0.05, 0) is 52.4 Å². The van der Waals surface area contributed by atoms with E-state index in [0.29, 0.717) is 0 Å². The number of nitrogens with zero attached hydrogens (tertiary/aromatic N) is 4. The molecule has 2 heterocycles. The van der Waals surface area contributed by atoms with Crippen molar-refractivity contribution in [3.8, 4) is 0 Å². The average Bonchev–Trinajstić information content (AvgIpc) is 2.85. The first-order valence-corrected chi connectivity index (χ1v) is 9.58. The van der Waals surface area contributed by atoms with Crippen LogP contribution in [-0.2, 0) is 9.53 Å². The summed E-state index contributed by atoms with van der Waals surface area (Å²) in [6.45, 7) is 8.56. The Bertz CT molecular complexity index is 435. The van der Waals surface area contributed by atoms with Gasteiger partial charge >= 0.3 is 5.97 Å². The van der Waals surface area contributed by atoms with E-state index in [1.807, 2.05) is 7.05 Å². The number of hydrogen-bond acceptors (Lipinski definition) is 5. The Labute approximate surface area is 152 Å². The summed E-state index contributed by atoms with van der Waals surface area (Å²) in [5.41, 5.74) is 0. The molecule has 2 aliphatic heterocycles. The molecule has 25 heavy (non-hydrogen) atoms. The van der Waals surface area contributed by atoms with Gasteiger partial charge in [-0.25, -0.2) is 0 Å². The predicted octanol–water partition coefficient (Wildman–Crippen LogP) is 0.474. The van der Waals surface area contributed by atoms with Crippen molar-refractivity contribution in [3.05, 3.63) is 0 Å². The fourth-order valence-corrected chi connectivity index (χ4v) is 3.65. The van der Waals surface area contributed by atoms with Gasteiger partial charge in [-0.2, -0.15) is 0 Å². The number of carbonyl (C=O) groups is 1. The quantitative estimate of drug-likeness (QED) is 0.336. The average molecular weight is 354 g/mol. The van der Waals surface area contributed by atoms with E-state index >= 15 is 0 Å². The second-order valence-corrected chi connectivity index (χ2v) is 7.11. The van der Waals surface area contributed by atoms with Crippen LogP contribution in [0.5, 0.6) is 0 Å². The van der Waals surface area contributed by atoms with Gasteiger partial charge in [0.15, 0.2) is 5.96 Å².